The lowest BCUT2D eigenvalue weighted by atomic mass is 9.88. The van der Waals surface area contributed by atoms with Crippen LogP contribution < -0.4 is 5.32 Å². The minimum absolute atomic E-state index is 0.194. The molecule has 0 bridgehead atoms. The number of hydrogen-bond acceptors (Lipinski definition) is 5. The maximum Gasteiger partial charge on any atom is 0.304 e. The zero-order valence-corrected chi connectivity index (χ0v) is 17.0. The Balaban J connectivity index is 1.76. The van der Waals surface area contributed by atoms with Crippen LogP contribution in [-0.4, -0.2) is 32.9 Å². The normalized spacial score (nSPS) is 12.2. The monoisotopic (exact) mass is 417 g/mol. The Hall–Kier alpha value is -4.00. The van der Waals surface area contributed by atoms with Crippen molar-refractivity contribution in [2.24, 2.45) is 11.1 Å². The van der Waals surface area contributed by atoms with Crippen molar-refractivity contribution < 1.29 is 19.9 Å². The second-order valence-electron chi connectivity index (χ2n) is 7.24. The van der Waals surface area contributed by atoms with E-state index in [0.717, 1.165) is 11.1 Å². The molecule has 0 saturated carbocycles. The molecule has 7 heteroatoms. The molecular formula is C24H23N3O4. The molecule has 1 amide bonds. The number of pyridine rings is 1. The molecular weight excluding hydrogens is 394 g/mol. The Labute approximate surface area is 180 Å². The summed E-state index contributed by atoms with van der Waals surface area (Å²) in [5, 5.41) is 25.2. The third-order valence-corrected chi connectivity index (χ3v) is 4.87. The lowest BCUT2D eigenvalue weighted by Crippen LogP contribution is -2.22. The van der Waals surface area contributed by atoms with Crippen LogP contribution in [0.2, 0.25) is 0 Å². The molecule has 0 aliphatic carbocycles. The van der Waals surface area contributed by atoms with Crippen molar-refractivity contribution in [3.63, 3.8) is 0 Å². The van der Waals surface area contributed by atoms with Gasteiger partial charge in [-0.3, -0.25) is 14.6 Å². The fourth-order valence-electron chi connectivity index (χ4n) is 3.29. The lowest BCUT2D eigenvalue weighted by Gasteiger charge is -2.17. The van der Waals surface area contributed by atoms with Gasteiger partial charge in [-0.15, -0.1) is 0 Å². The molecule has 0 spiro atoms. The first-order valence-electron chi connectivity index (χ1n) is 9.77. The van der Waals surface area contributed by atoms with Gasteiger partial charge < -0.3 is 15.6 Å². The third-order valence-electron chi connectivity index (χ3n) is 4.87. The molecule has 0 aliphatic rings. The van der Waals surface area contributed by atoms with Gasteiger partial charge in [0.2, 0.25) is 0 Å². The summed E-state index contributed by atoms with van der Waals surface area (Å²) >= 11 is 0. The number of aliphatic carboxylic acids is 1. The zero-order chi connectivity index (χ0) is 22.2. The molecule has 2 aromatic carbocycles. The quantitative estimate of drug-likeness (QED) is 0.290. The van der Waals surface area contributed by atoms with Crippen molar-refractivity contribution >= 4 is 23.3 Å². The first kappa shape index (κ1) is 21.7. The molecule has 1 aromatic heterocycles. The third kappa shape index (κ3) is 5.99. The van der Waals surface area contributed by atoms with Crippen molar-refractivity contribution in [1.82, 2.24) is 4.98 Å². The minimum atomic E-state index is -0.989. The van der Waals surface area contributed by atoms with Gasteiger partial charge in [-0.25, -0.2) is 0 Å². The first-order chi connectivity index (χ1) is 15.0. The van der Waals surface area contributed by atoms with Crippen LogP contribution >= 0.6 is 0 Å². The van der Waals surface area contributed by atoms with Crippen LogP contribution in [0.15, 0.2) is 78.2 Å². The highest BCUT2D eigenvalue weighted by Gasteiger charge is 2.22. The molecule has 0 saturated heterocycles. The van der Waals surface area contributed by atoms with Crippen molar-refractivity contribution in [2.45, 2.75) is 19.8 Å². The number of oxime groups is 1. The number of aryl methyl sites for hydroxylation is 1. The van der Waals surface area contributed by atoms with Crippen LogP contribution in [0.5, 0.6) is 0 Å². The molecule has 3 N–H and O–H groups in total. The fourth-order valence-corrected chi connectivity index (χ4v) is 3.29. The summed E-state index contributed by atoms with van der Waals surface area (Å²) in [5.41, 5.74) is 3.88. The number of carboxylic acid groups (broad SMARTS) is 1. The smallest absolute Gasteiger partial charge is 0.304 e. The maximum atomic E-state index is 12.4. The number of benzene rings is 2. The van der Waals surface area contributed by atoms with Crippen molar-refractivity contribution in [1.29, 1.82) is 0 Å². The second kappa shape index (κ2) is 10.2. The van der Waals surface area contributed by atoms with Gasteiger partial charge in [0, 0.05) is 29.6 Å². The number of amides is 1. The van der Waals surface area contributed by atoms with E-state index in [1.807, 2.05) is 25.1 Å². The van der Waals surface area contributed by atoms with Crippen LogP contribution in [0.1, 0.15) is 33.5 Å². The van der Waals surface area contributed by atoms with Gasteiger partial charge in [0.25, 0.3) is 5.91 Å². The SMILES string of the molecule is Cc1ccc(C(=O)Nc2ccc(/C(=N\O)C(CC(=O)O)Cc3cccnc3)cc2)cc1. The maximum absolute atomic E-state index is 12.4. The van der Waals surface area contributed by atoms with E-state index in [-0.39, 0.29) is 18.0 Å². The number of anilines is 1. The lowest BCUT2D eigenvalue weighted by molar-refractivity contribution is -0.137. The highest BCUT2D eigenvalue weighted by molar-refractivity contribution is 6.06. The molecule has 3 aromatic rings. The number of carbonyl (C=O) groups is 2. The Bertz CT molecular complexity index is 1060. The van der Waals surface area contributed by atoms with Gasteiger partial charge in [-0.2, -0.15) is 0 Å². The van der Waals surface area contributed by atoms with Gasteiger partial charge in [-0.1, -0.05) is 41.1 Å². The molecule has 1 heterocycles. The number of carboxylic acids is 1. The van der Waals surface area contributed by atoms with Crippen molar-refractivity contribution in [3.8, 4) is 0 Å². The predicted octanol–water partition coefficient (Wildman–Crippen LogP) is 4.15. The molecule has 0 radical (unpaired) electrons. The van der Waals surface area contributed by atoms with Gasteiger partial charge >= 0.3 is 5.97 Å². The molecule has 158 valence electrons. The number of nitrogens with one attached hydrogen (secondary N) is 1. The largest absolute Gasteiger partial charge is 0.481 e. The average molecular weight is 417 g/mol. The van der Waals surface area contributed by atoms with Gasteiger partial charge in [0.05, 0.1) is 12.1 Å². The highest BCUT2D eigenvalue weighted by atomic mass is 16.4. The predicted molar refractivity (Wildman–Crippen MR) is 118 cm³/mol. The Morgan fingerprint density at radius 2 is 1.71 bits per heavy atom. The topological polar surface area (TPSA) is 112 Å². The molecule has 3 rings (SSSR count). The molecule has 0 aliphatic heterocycles. The standard InChI is InChI=1S/C24H23N3O4/c1-16-4-6-19(7-5-16)24(30)26-21-10-8-18(9-11-21)23(27-31)20(14-22(28)29)13-17-3-2-12-25-15-17/h2-12,15,20,31H,13-14H2,1H3,(H,26,30)(H,28,29)/b27-23+. The summed E-state index contributed by atoms with van der Waals surface area (Å²) < 4.78 is 0. The van der Waals surface area contributed by atoms with E-state index in [4.69, 9.17) is 0 Å². The van der Waals surface area contributed by atoms with Gasteiger partial charge in [-0.05, 0) is 54.8 Å². The summed E-state index contributed by atoms with van der Waals surface area (Å²) in [6.45, 7) is 1.95. The summed E-state index contributed by atoms with van der Waals surface area (Å²) in [6.07, 6.45) is 3.47. The molecule has 0 fully saturated rings. The van der Waals surface area contributed by atoms with Gasteiger partial charge in [0.15, 0.2) is 0 Å². The van der Waals surface area contributed by atoms with Crippen molar-refractivity contribution in [2.75, 3.05) is 5.32 Å². The summed E-state index contributed by atoms with van der Waals surface area (Å²) in [7, 11) is 0. The second-order valence-corrected chi connectivity index (χ2v) is 7.24. The van der Waals surface area contributed by atoms with E-state index in [0.29, 0.717) is 23.2 Å². The number of carbonyl (C=O) groups excluding carboxylic acids is 1. The molecule has 31 heavy (non-hydrogen) atoms. The van der Waals surface area contributed by atoms with E-state index in [1.165, 1.54) is 0 Å². The van der Waals surface area contributed by atoms with Crippen LogP contribution in [0.3, 0.4) is 0 Å². The van der Waals surface area contributed by atoms with E-state index in [1.54, 1.807) is 54.9 Å². The van der Waals surface area contributed by atoms with Crippen molar-refractivity contribution in [3.05, 3.63) is 95.3 Å². The highest BCUT2D eigenvalue weighted by Crippen LogP contribution is 2.21. The molecule has 7 nitrogen and oxygen atoms in total. The van der Waals surface area contributed by atoms with Gasteiger partial charge in [0.1, 0.15) is 0 Å². The van der Waals surface area contributed by atoms with E-state index >= 15 is 0 Å². The Morgan fingerprint density at radius 3 is 2.29 bits per heavy atom. The number of rotatable bonds is 8. The zero-order valence-electron chi connectivity index (χ0n) is 17.0. The van der Waals surface area contributed by atoms with Crippen LogP contribution in [0.4, 0.5) is 5.69 Å². The summed E-state index contributed by atoms with van der Waals surface area (Å²) in [4.78, 5) is 27.8. The fraction of sp³-hybridized carbons (Fsp3) is 0.167. The van der Waals surface area contributed by atoms with Crippen LogP contribution in [0.25, 0.3) is 0 Å². The van der Waals surface area contributed by atoms with Crippen LogP contribution in [0, 0.1) is 12.8 Å². The summed E-state index contributed by atoms with van der Waals surface area (Å²) in [5.74, 6) is -1.76. The van der Waals surface area contributed by atoms with E-state index < -0.39 is 11.9 Å². The number of hydrogen-bond donors (Lipinski definition) is 3. The first-order valence-corrected chi connectivity index (χ1v) is 9.77. The average Bonchev–Trinajstić information content (AvgIpc) is 2.76. The Kier molecular flexibility index (Phi) is 7.11. The van der Waals surface area contributed by atoms with Crippen LogP contribution in [-0.2, 0) is 11.2 Å². The van der Waals surface area contributed by atoms with E-state index in [2.05, 4.69) is 15.5 Å². The minimum Gasteiger partial charge on any atom is -0.481 e. The number of nitrogens with zero attached hydrogens (tertiary/aromatic N) is 2. The summed E-state index contributed by atoms with van der Waals surface area (Å²) in [6, 6.07) is 17.6. The molecule has 1 atom stereocenters. The molecule has 1 unspecified atom stereocenters. The Morgan fingerprint density at radius 1 is 1.03 bits per heavy atom. The number of aromatic nitrogens is 1. The van der Waals surface area contributed by atoms with E-state index in [9.17, 15) is 19.9 Å².